The van der Waals surface area contributed by atoms with Crippen molar-refractivity contribution in [2.45, 2.75) is 38.4 Å². The molecule has 19 heavy (non-hydrogen) atoms. The molecule has 2 heterocycles. The predicted molar refractivity (Wildman–Crippen MR) is 64.9 cm³/mol. The second-order valence-electron chi connectivity index (χ2n) is 4.84. The Balaban J connectivity index is 2.09. The van der Waals surface area contributed by atoms with Gasteiger partial charge in [0.1, 0.15) is 12.1 Å². The van der Waals surface area contributed by atoms with Crippen LogP contribution in [0, 0.1) is 0 Å². The molecule has 0 saturated carbocycles. The van der Waals surface area contributed by atoms with Crippen LogP contribution in [0.15, 0.2) is 6.20 Å². The van der Waals surface area contributed by atoms with E-state index in [-0.39, 0.29) is 19.0 Å². The summed E-state index contributed by atoms with van der Waals surface area (Å²) in [5, 5.41) is 16.8. The number of nitrogens with zero attached hydrogens (tertiary/aromatic N) is 4. The number of likely N-dealkylation sites (tertiary alicyclic amines) is 1. The molecule has 8 heteroatoms. The molecule has 0 aromatic carbocycles. The zero-order valence-corrected chi connectivity index (χ0v) is 10.7. The Hall–Kier alpha value is -1.96. The van der Waals surface area contributed by atoms with E-state index in [0.29, 0.717) is 25.1 Å². The first-order valence-electron chi connectivity index (χ1n) is 6.10. The van der Waals surface area contributed by atoms with Crippen LogP contribution in [0.3, 0.4) is 0 Å². The topological polar surface area (TPSA) is 114 Å². The number of carbonyl (C=O) groups is 2. The Morgan fingerprint density at radius 2 is 2.32 bits per heavy atom. The summed E-state index contributed by atoms with van der Waals surface area (Å²) in [6, 6.07) is 0. The fourth-order valence-corrected chi connectivity index (χ4v) is 2.32. The number of aliphatic carboxylic acids is 1. The van der Waals surface area contributed by atoms with Gasteiger partial charge in [-0.1, -0.05) is 5.21 Å². The Bertz CT molecular complexity index is 500. The molecule has 104 valence electrons. The zero-order chi connectivity index (χ0) is 14.0. The van der Waals surface area contributed by atoms with Crippen molar-refractivity contribution in [2.75, 3.05) is 6.54 Å². The van der Waals surface area contributed by atoms with Crippen molar-refractivity contribution in [3.05, 3.63) is 11.9 Å². The molecule has 1 amide bonds. The van der Waals surface area contributed by atoms with Crippen LogP contribution < -0.4 is 5.73 Å². The van der Waals surface area contributed by atoms with Crippen molar-refractivity contribution in [2.24, 2.45) is 5.73 Å². The maximum absolute atomic E-state index is 12.2. The van der Waals surface area contributed by atoms with Crippen molar-refractivity contribution >= 4 is 11.9 Å². The molecule has 1 saturated heterocycles. The smallest absolute Gasteiger partial charge is 0.329 e. The van der Waals surface area contributed by atoms with Gasteiger partial charge < -0.3 is 15.7 Å². The lowest BCUT2D eigenvalue weighted by molar-refractivity contribution is -0.155. The summed E-state index contributed by atoms with van der Waals surface area (Å²) in [4.78, 5) is 24.9. The van der Waals surface area contributed by atoms with Crippen LogP contribution >= 0.6 is 0 Å². The maximum atomic E-state index is 12.2. The van der Waals surface area contributed by atoms with E-state index in [1.165, 1.54) is 9.58 Å². The second kappa shape index (κ2) is 4.96. The Morgan fingerprint density at radius 1 is 1.58 bits per heavy atom. The highest BCUT2D eigenvalue weighted by Gasteiger charge is 2.45. The number of carbonyl (C=O) groups excluding carboxylic acids is 1. The highest BCUT2D eigenvalue weighted by atomic mass is 16.4. The van der Waals surface area contributed by atoms with Gasteiger partial charge in [0.25, 0.3) is 0 Å². The van der Waals surface area contributed by atoms with E-state index in [2.05, 4.69) is 10.3 Å². The Labute approximate surface area is 110 Å². The zero-order valence-electron chi connectivity index (χ0n) is 10.7. The minimum absolute atomic E-state index is 0.0180. The molecule has 0 aliphatic carbocycles. The fourth-order valence-electron chi connectivity index (χ4n) is 2.32. The molecule has 0 spiro atoms. The first kappa shape index (κ1) is 13.5. The number of nitrogens with two attached hydrogens (primary N) is 1. The Kier molecular flexibility index (Phi) is 3.52. The number of amides is 1. The van der Waals surface area contributed by atoms with Gasteiger partial charge in [-0.2, -0.15) is 0 Å². The molecule has 1 aliphatic rings. The van der Waals surface area contributed by atoms with Crippen molar-refractivity contribution in [1.29, 1.82) is 0 Å². The van der Waals surface area contributed by atoms with E-state index in [4.69, 9.17) is 5.73 Å². The van der Waals surface area contributed by atoms with E-state index in [1.54, 1.807) is 13.1 Å². The summed E-state index contributed by atoms with van der Waals surface area (Å²) in [6.45, 7) is 2.27. The van der Waals surface area contributed by atoms with Crippen LogP contribution in [0.4, 0.5) is 0 Å². The highest BCUT2D eigenvalue weighted by Crippen LogP contribution is 2.29. The van der Waals surface area contributed by atoms with Gasteiger partial charge in [-0.05, 0) is 19.8 Å². The number of carboxylic acid groups (broad SMARTS) is 1. The average molecular weight is 267 g/mol. The van der Waals surface area contributed by atoms with Gasteiger partial charge in [0.05, 0.1) is 11.9 Å². The molecule has 3 N–H and O–H groups in total. The normalized spacial score (nSPS) is 22.7. The number of hydrogen-bond donors (Lipinski definition) is 2. The lowest BCUT2D eigenvalue weighted by atomic mass is 9.99. The summed E-state index contributed by atoms with van der Waals surface area (Å²) >= 11 is 0. The Morgan fingerprint density at radius 3 is 2.89 bits per heavy atom. The van der Waals surface area contributed by atoms with Gasteiger partial charge in [-0.3, -0.25) is 4.79 Å². The molecule has 1 unspecified atom stereocenters. The van der Waals surface area contributed by atoms with Crippen LogP contribution in [-0.2, 0) is 22.7 Å². The summed E-state index contributed by atoms with van der Waals surface area (Å²) in [6.07, 6.45) is 2.76. The van der Waals surface area contributed by atoms with Gasteiger partial charge in [-0.25, -0.2) is 9.48 Å². The van der Waals surface area contributed by atoms with Gasteiger partial charge in [0.15, 0.2) is 0 Å². The third kappa shape index (κ3) is 2.43. The SMILES string of the molecule is CC1(C(=O)O)CCCN1C(=O)Cn1cc(CN)nn1. The minimum atomic E-state index is -1.12. The predicted octanol–water partition coefficient (Wildman–Crippen LogP) is -0.797. The van der Waals surface area contributed by atoms with Crippen LogP contribution in [0.5, 0.6) is 0 Å². The number of aromatic nitrogens is 3. The van der Waals surface area contributed by atoms with Gasteiger partial charge in [0.2, 0.25) is 5.91 Å². The van der Waals surface area contributed by atoms with E-state index in [9.17, 15) is 14.7 Å². The van der Waals surface area contributed by atoms with Gasteiger partial charge in [-0.15, -0.1) is 5.10 Å². The van der Waals surface area contributed by atoms with Crippen LogP contribution in [-0.4, -0.2) is 49.0 Å². The maximum Gasteiger partial charge on any atom is 0.329 e. The average Bonchev–Trinajstić information content (AvgIpc) is 2.96. The van der Waals surface area contributed by atoms with E-state index >= 15 is 0 Å². The number of carboxylic acids is 1. The summed E-state index contributed by atoms with van der Waals surface area (Å²) in [5.74, 6) is -1.24. The van der Waals surface area contributed by atoms with Crippen molar-refractivity contribution in [3.63, 3.8) is 0 Å². The fraction of sp³-hybridized carbons (Fsp3) is 0.636. The third-order valence-electron chi connectivity index (χ3n) is 3.50. The molecule has 1 aromatic heterocycles. The molecular weight excluding hydrogens is 250 g/mol. The molecule has 1 atom stereocenters. The standard InChI is InChI=1S/C11H17N5O3/c1-11(10(18)19)3-2-4-16(11)9(17)7-15-6-8(5-12)13-14-15/h6H,2-5,7,12H2,1H3,(H,18,19). The molecule has 0 bridgehead atoms. The minimum Gasteiger partial charge on any atom is -0.480 e. The van der Waals surface area contributed by atoms with Gasteiger partial charge >= 0.3 is 5.97 Å². The lowest BCUT2D eigenvalue weighted by Crippen LogP contribution is -2.51. The van der Waals surface area contributed by atoms with Crippen molar-refractivity contribution in [3.8, 4) is 0 Å². The van der Waals surface area contributed by atoms with E-state index in [1.807, 2.05) is 0 Å². The summed E-state index contributed by atoms with van der Waals surface area (Å²) in [5.41, 5.74) is 4.89. The van der Waals surface area contributed by atoms with Crippen molar-refractivity contribution < 1.29 is 14.7 Å². The van der Waals surface area contributed by atoms with Crippen LogP contribution in [0.1, 0.15) is 25.5 Å². The third-order valence-corrected chi connectivity index (χ3v) is 3.50. The number of hydrogen-bond acceptors (Lipinski definition) is 5. The second-order valence-corrected chi connectivity index (χ2v) is 4.84. The molecule has 2 rings (SSSR count). The quantitative estimate of drug-likeness (QED) is 0.738. The lowest BCUT2D eigenvalue weighted by Gasteiger charge is -2.31. The molecule has 0 radical (unpaired) electrons. The molecule has 8 nitrogen and oxygen atoms in total. The molecule has 1 fully saturated rings. The number of rotatable bonds is 4. The van der Waals surface area contributed by atoms with E-state index < -0.39 is 11.5 Å². The van der Waals surface area contributed by atoms with Gasteiger partial charge in [0, 0.05) is 13.1 Å². The monoisotopic (exact) mass is 267 g/mol. The molecule has 1 aromatic rings. The van der Waals surface area contributed by atoms with Crippen LogP contribution in [0.2, 0.25) is 0 Å². The molecule has 1 aliphatic heterocycles. The van der Waals surface area contributed by atoms with Crippen LogP contribution in [0.25, 0.3) is 0 Å². The summed E-state index contributed by atoms with van der Waals surface area (Å²) < 4.78 is 1.38. The van der Waals surface area contributed by atoms with Crippen molar-refractivity contribution in [1.82, 2.24) is 19.9 Å². The largest absolute Gasteiger partial charge is 0.480 e. The summed E-state index contributed by atoms with van der Waals surface area (Å²) in [7, 11) is 0. The van der Waals surface area contributed by atoms with E-state index in [0.717, 1.165) is 0 Å². The highest BCUT2D eigenvalue weighted by molar-refractivity contribution is 5.87. The first-order chi connectivity index (χ1) is 8.97. The molecular formula is C11H17N5O3. The first-order valence-corrected chi connectivity index (χ1v) is 6.10.